The van der Waals surface area contributed by atoms with Gasteiger partial charge in [-0.05, 0) is 19.8 Å². The molecule has 0 saturated carbocycles. The lowest BCUT2D eigenvalue weighted by Gasteiger charge is -1.95. The van der Waals surface area contributed by atoms with Crippen molar-refractivity contribution < 1.29 is 4.74 Å². The van der Waals surface area contributed by atoms with Crippen LogP contribution in [0.5, 0.6) is 0 Å². The molecular weight excluding hydrogens is 136 g/mol. The van der Waals surface area contributed by atoms with Crippen LogP contribution in [0.2, 0.25) is 0 Å². The van der Waals surface area contributed by atoms with E-state index in [2.05, 4.69) is 19.1 Å². The van der Waals surface area contributed by atoms with E-state index in [0.29, 0.717) is 0 Å². The molecule has 0 radical (unpaired) electrons. The van der Waals surface area contributed by atoms with Crippen LogP contribution >= 0.6 is 0 Å². The summed E-state index contributed by atoms with van der Waals surface area (Å²) in [5, 5.41) is 0. The Kier molecular flexibility index (Phi) is 8.96. The Bertz CT molecular complexity index is 114. The van der Waals surface area contributed by atoms with Crippen molar-refractivity contribution in [3.63, 3.8) is 0 Å². The Labute approximate surface area is 69.8 Å². The van der Waals surface area contributed by atoms with E-state index in [0.717, 1.165) is 26.1 Å². The summed E-state index contributed by atoms with van der Waals surface area (Å²) in [5.74, 6) is 0. The van der Waals surface area contributed by atoms with Crippen molar-refractivity contribution in [2.24, 2.45) is 0 Å². The van der Waals surface area contributed by atoms with Gasteiger partial charge in [-0.3, -0.25) is 0 Å². The molecule has 0 spiro atoms. The number of allylic oxidation sites excluding steroid dienone is 2. The third-order valence-electron chi connectivity index (χ3n) is 1.28. The van der Waals surface area contributed by atoms with Gasteiger partial charge in [0, 0.05) is 0 Å². The molecule has 0 bridgehead atoms. The van der Waals surface area contributed by atoms with Gasteiger partial charge < -0.3 is 4.74 Å². The van der Waals surface area contributed by atoms with E-state index in [1.165, 1.54) is 0 Å². The van der Waals surface area contributed by atoms with E-state index >= 15 is 0 Å². The van der Waals surface area contributed by atoms with E-state index in [9.17, 15) is 0 Å². The fourth-order valence-corrected chi connectivity index (χ4v) is 0.683. The smallest absolute Gasteiger partial charge is 0.0647 e. The molecule has 0 amide bonds. The molecule has 0 heterocycles. The van der Waals surface area contributed by atoms with Crippen molar-refractivity contribution in [2.75, 3.05) is 13.2 Å². The Balaban J connectivity index is 2.96. The highest BCUT2D eigenvalue weighted by molar-refractivity contribution is 4.80. The van der Waals surface area contributed by atoms with E-state index in [1.54, 1.807) is 0 Å². The lowest BCUT2D eigenvalue weighted by Crippen LogP contribution is -1.91. The fraction of sp³-hybridized carbons (Fsp3) is 0.600. The van der Waals surface area contributed by atoms with Gasteiger partial charge in [-0.15, -0.1) is 0 Å². The minimum atomic E-state index is 0.746. The predicted molar refractivity (Wildman–Crippen MR) is 49.7 cm³/mol. The van der Waals surface area contributed by atoms with E-state index in [-0.39, 0.29) is 0 Å². The summed E-state index contributed by atoms with van der Waals surface area (Å²) in [6.07, 6.45) is 10.5. The molecule has 0 saturated heterocycles. The first kappa shape index (κ1) is 10.4. The van der Waals surface area contributed by atoms with Crippen LogP contribution in [0.4, 0.5) is 0 Å². The van der Waals surface area contributed by atoms with E-state index in [4.69, 9.17) is 4.74 Å². The summed E-state index contributed by atoms with van der Waals surface area (Å²) in [6, 6.07) is 0. The second kappa shape index (κ2) is 9.44. The van der Waals surface area contributed by atoms with Crippen LogP contribution in [0, 0.1) is 0 Å². The van der Waals surface area contributed by atoms with Gasteiger partial charge in [0.2, 0.25) is 0 Å². The molecule has 1 heteroatoms. The van der Waals surface area contributed by atoms with Gasteiger partial charge in [-0.2, -0.15) is 0 Å². The predicted octanol–water partition coefficient (Wildman–Crippen LogP) is 2.94. The van der Waals surface area contributed by atoms with Crippen molar-refractivity contribution in [1.82, 2.24) is 0 Å². The zero-order valence-electron chi connectivity index (χ0n) is 7.55. The summed E-state index contributed by atoms with van der Waals surface area (Å²) in [6.45, 7) is 5.72. The van der Waals surface area contributed by atoms with E-state index in [1.807, 2.05) is 19.1 Å². The second-order valence-electron chi connectivity index (χ2n) is 2.31. The molecule has 0 aromatic rings. The summed E-state index contributed by atoms with van der Waals surface area (Å²) in [7, 11) is 0. The maximum absolute atomic E-state index is 5.28. The van der Waals surface area contributed by atoms with Crippen LogP contribution < -0.4 is 0 Å². The molecule has 0 fully saturated rings. The molecule has 0 rings (SSSR count). The molecule has 0 atom stereocenters. The van der Waals surface area contributed by atoms with Crippen LogP contribution in [0.3, 0.4) is 0 Å². The van der Waals surface area contributed by atoms with Crippen LogP contribution in [0.1, 0.15) is 26.7 Å². The summed E-state index contributed by atoms with van der Waals surface area (Å²) < 4.78 is 5.28. The number of rotatable bonds is 6. The minimum absolute atomic E-state index is 0.746. The number of ether oxygens (including phenoxy) is 1. The number of hydrogen-bond donors (Lipinski definition) is 0. The average molecular weight is 154 g/mol. The highest BCUT2D eigenvalue weighted by Crippen LogP contribution is 1.87. The zero-order chi connectivity index (χ0) is 8.36. The Hall–Kier alpha value is -0.560. The van der Waals surface area contributed by atoms with Gasteiger partial charge in [0.15, 0.2) is 0 Å². The zero-order valence-corrected chi connectivity index (χ0v) is 7.55. The first-order valence-corrected chi connectivity index (χ1v) is 4.25. The molecule has 0 N–H and O–H groups in total. The van der Waals surface area contributed by atoms with Crippen molar-refractivity contribution >= 4 is 0 Å². The maximum Gasteiger partial charge on any atom is 0.0647 e. The lowest BCUT2D eigenvalue weighted by atomic mass is 10.3. The quantitative estimate of drug-likeness (QED) is 0.422. The minimum Gasteiger partial charge on any atom is -0.377 e. The van der Waals surface area contributed by atoms with Crippen LogP contribution in [-0.4, -0.2) is 13.2 Å². The van der Waals surface area contributed by atoms with Gasteiger partial charge >= 0.3 is 0 Å². The molecule has 0 unspecified atom stereocenters. The first-order valence-electron chi connectivity index (χ1n) is 4.25. The average Bonchev–Trinajstić information content (AvgIpc) is 2.03. The summed E-state index contributed by atoms with van der Waals surface area (Å²) >= 11 is 0. The van der Waals surface area contributed by atoms with Crippen molar-refractivity contribution in [3.8, 4) is 0 Å². The van der Waals surface area contributed by atoms with Crippen LogP contribution in [0.25, 0.3) is 0 Å². The van der Waals surface area contributed by atoms with E-state index < -0.39 is 0 Å². The molecule has 0 aromatic heterocycles. The van der Waals surface area contributed by atoms with Crippen LogP contribution in [-0.2, 0) is 4.74 Å². The van der Waals surface area contributed by atoms with Gasteiger partial charge in [0.25, 0.3) is 0 Å². The van der Waals surface area contributed by atoms with Gasteiger partial charge in [0.05, 0.1) is 13.2 Å². The Morgan fingerprint density at radius 3 is 2.64 bits per heavy atom. The summed E-state index contributed by atoms with van der Waals surface area (Å²) in [4.78, 5) is 0. The first-order chi connectivity index (χ1) is 5.41. The van der Waals surface area contributed by atoms with Crippen molar-refractivity contribution in [1.29, 1.82) is 0 Å². The molecule has 0 aromatic carbocycles. The molecule has 0 aliphatic carbocycles. The Morgan fingerprint density at radius 2 is 2.00 bits per heavy atom. The summed E-state index contributed by atoms with van der Waals surface area (Å²) in [5.41, 5.74) is 0. The van der Waals surface area contributed by atoms with Gasteiger partial charge in [-0.25, -0.2) is 0 Å². The highest BCUT2D eigenvalue weighted by atomic mass is 16.5. The second-order valence-corrected chi connectivity index (χ2v) is 2.31. The standard InChI is InChI=1S/C10H18O/c1-3-5-7-8-10-11-9-6-4-2/h4-7H,3,8-10H2,1-2H3/b6-4+,7-5+. The largest absolute Gasteiger partial charge is 0.377 e. The maximum atomic E-state index is 5.28. The highest BCUT2D eigenvalue weighted by Gasteiger charge is 1.79. The molecule has 0 aliphatic rings. The SMILES string of the molecule is C/C=C/COCC/C=C/CC. The fourth-order valence-electron chi connectivity index (χ4n) is 0.683. The molecular formula is C10H18O. The molecule has 0 aliphatic heterocycles. The third kappa shape index (κ3) is 9.44. The molecule has 11 heavy (non-hydrogen) atoms. The third-order valence-corrected chi connectivity index (χ3v) is 1.28. The molecule has 64 valence electrons. The van der Waals surface area contributed by atoms with Crippen molar-refractivity contribution in [2.45, 2.75) is 26.7 Å². The number of hydrogen-bond acceptors (Lipinski definition) is 1. The normalized spacial score (nSPS) is 11.8. The van der Waals surface area contributed by atoms with Gasteiger partial charge in [0.1, 0.15) is 0 Å². The monoisotopic (exact) mass is 154 g/mol. The van der Waals surface area contributed by atoms with Crippen LogP contribution in [0.15, 0.2) is 24.3 Å². The van der Waals surface area contributed by atoms with Crippen molar-refractivity contribution in [3.05, 3.63) is 24.3 Å². The topological polar surface area (TPSA) is 9.23 Å². The Morgan fingerprint density at radius 1 is 1.18 bits per heavy atom. The van der Waals surface area contributed by atoms with Gasteiger partial charge in [-0.1, -0.05) is 31.2 Å². The molecule has 1 nitrogen and oxygen atoms in total. The lowest BCUT2D eigenvalue weighted by molar-refractivity contribution is 0.167.